The van der Waals surface area contributed by atoms with Gasteiger partial charge in [0.05, 0.1) is 4.90 Å². The van der Waals surface area contributed by atoms with Gasteiger partial charge in [0.2, 0.25) is 10.0 Å². The predicted octanol–water partition coefficient (Wildman–Crippen LogP) is 4.80. The molecule has 0 spiro atoms. The van der Waals surface area contributed by atoms with E-state index >= 15 is 0 Å². The van der Waals surface area contributed by atoms with Gasteiger partial charge in [-0.05, 0) is 72.6 Å². The van der Waals surface area contributed by atoms with Crippen LogP contribution in [0, 0.1) is 6.92 Å². The number of hydrogen-bond acceptors (Lipinski definition) is 5. The van der Waals surface area contributed by atoms with Crippen LogP contribution in [0.25, 0.3) is 0 Å². The van der Waals surface area contributed by atoms with Gasteiger partial charge in [0.25, 0.3) is 5.91 Å². The lowest BCUT2D eigenvalue weighted by molar-refractivity contribution is -0.121. The van der Waals surface area contributed by atoms with Crippen LogP contribution < -0.4 is 15.4 Å². The Morgan fingerprint density at radius 2 is 1.76 bits per heavy atom. The molecule has 33 heavy (non-hydrogen) atoms. The first kappa shape index (κ1) is 27.2. The fourth-order valence-electron chi connectivity index (χ4n) is 3.14. The van der Waals surface area contributed by atoms with E-state index in [4.69, 9.17) is 17.0 Å². The minimum Gasteiger partial charge on any atom is -0.483 e. The third-order valence-corrected chi connectivity index (χ3v) is 8.10. The van der Waals surface area contributed by atoms with Crippen LogP contribution in [0.4, 0.5) is 5.69 Å². The number of ether oxygens (including phenoxy) is 1. The molecule has 0 fully saturated rings. The fourth-order valence-corrected chi connectivity index (χ4v) is 5.19. The van der Waals surface area contributed by atoms with Gasteiger partial charge in [-0.3, -0.25) is 10.1 Å². The number of benzene rings is 2. The smallest absolute Gasteiger partial charge is 0.264 e. The molecule has 2 aromatic rings. The van der Waals surface area contributed by atoms with Crippen LogP contribution in [0.2, 0.25) is 0 Å². The summed E-state index contributed by atoms with van der Waals surface area (Å²) >= 11 is 8.73. The van der Waals surface area contributed by atoms with Gasteiger partial charge in [-0.1, -0.05) is 43.6 Å². The van der Waals surface area contributed by atoms with Gasteiger partial charge in [-0.25, -0.2) is 8.42 Å². The van der Waals surface area contributed by atoms with Crippen molar-refractivity contribution in [3.05, 3.63) is 52.0 Å². The summed E-state index contributed by atoms with van der Waals surface area (Å²) in [4.78, 5) is 12.5. The van der Waals surface area contributed by atoms with Crippen molar-refractivity contribution in [3.8, 4) is 5.75 Å². The first-order valence-corrected chi connectivity index (χ1v) is 13.3. The summed E-state index contributed by atoms with van der Waals surface area (Å²) in [5.41, 5.74) is 2.57. The molecule has 0 aliphatic carbocycles. The molecule has 0 saturated heterocycles. The Morgan fingerprint density at radius 3 is 2.30 bits per heavy atom. The number of sulfonamides is 1. The van der Waals surface area contributed by atoms with E-state index in [1.54, 1.807) is 26.0 Å². The zero-order valence-electron chi connectivity index (χ0n) is 19.4. The molecular formula is C23H30BrN3O4S2. The number of carbonyl (C=O) groups is 1. The zero-order valence-corrected chi connectivity index (χ0v) is 22.7. The Morgan fingerprint density at radius 1 is 1.15 bits per heavy atom. The van der Waals surface area contributed by atoms with E-state index in [9.17, 15) is 13.2 Å². The van der Waals surface area contributed by atoms with Crippen molar-refractivity contribution in [3.63, 3.8) is 0 Å². The topological polar surface area (TPSA) is 87.7 Å². The number of nitrogens with one attached hydrogen (secondary N) is 2. The quantitative estimate of drug-likeness (QED) is 0.432. The molecule has 2 N–H and O–H groups in total. The van der Waals surface area contributed by atoms with Crippen molar-refractivity contribution in [2.24, 2.45) is 0 Å². The molecule has 0 aliphatic rings. The van der Waals surface area contributed by atoms with Crippen molar-refractivity contribution in [2.45, 2.75) is 45.4 Å². The first-order valence-electron chi connectivity index (χ1n) is 10.6. The summed E-state index contributed by atoms with van der Waals surface area (Å²) in [5, 5.41) is 5.55. The van der Waals surface area contributed by atoms with E-state index < -0.39 is 15.9 Å². The third-order valence-electron chi connectivity index (χ3n) is 4.98. The summed E-state index contributed by atoms with van der Waals surface area (Å²) in [6.45, 7) is 10.3. The highest BCUT2D eigenvalue weighted by atomic mass is 79.9. The van der Waals surface area contributed by atoms with Crippen LogP contribution in [-0.2, 0) is 14.8 Å². The summed E-state index contributed by atoms with van der Waals surface area (Å²) in [5.74, 6) is 0.490. The van der Waals surface area contributed by atoms with Crippen molar-refractivity contribution < 1.29 is 17.9 Å². The van der Waals surface area contributed by atoms with E-state index in [1.165, 1.54) is 16.4 Å². The van der Waals surface area contributed by atoms with Crippen molar-refractivity contribution in [1.82, 2.24) is 9.62 Å². The molecule has 0 bridgehead atoms. The molecular weight excluding hydrogens is 526 g/mol. The van der Waals surface area contributed by atoms with Gasteiger partial charge in [0.15, 0.2) is 11.7 Å². The molecule has 0 aromatic heterocycles. The summed E-state index contributed by atoms with van der Waals surface area (Å²) in [6.07, 6.45) is 0. The molecule has 0 radical (unpaired) electrons. The molecule has 0 heterocycles. The number of carbonyl (C=O) groups excluding carboxylic acids is 1. The molecule has 1 amide bonds. The SMILES string of the molecule is CCN(CC)S(=O)(=O)c1ccc(NC(=S)NC(=O)COc2cc(C)c(Br)cc2C(C)C)cc1. The predicted molar refractivity (Wildman–Crippen MR) is 139 cm³/mol. The van der Waals surface area contributed by atoms with Gasteiger partial charge >= 0.3 is 0 Å². The normalized spacial score (nSPS) is 11.5. The standard InChI is InChI=1S/C23H30BrN3O4S2/c1-6-27(7-2)33(29,30)18-10-8-17(9-11-18)25-23(32)26-22(28)14-31-21-12-16(5)20(24)13-19(21)15(3)4/h8-13,15H,6-7,14H2,1-5H3,(H2,25,26,28,32). The highest BCUT2D eigenvalue weighted by Gasteiger charge is 2.21. The summed E-state index contributed by atoms with van der Waals surface area (Å²) in [7, 11) is -3.53. The van der Waals surface area contributed by atoms with E-state index in [2.05, 4.69) is 40.4 Å². The van der Waals surface area contributed by atoms with Gasteiger partial charge in [-0.2, -0.15) is 4.31 Å². The third kappa shape index (κ3) is 7.23. The van der Waals surface area contributed by atoms with Crippen LogP contribution in [0.3, 0.4) is 0 Å². The van der Waals surface area contributed by atoms with Crippen molar-refractivity contribution in [1.29, 1.82) is 0 Å². The second-order valence-corrected chi connectivity index (χ2v) is 10.9. The average molecular weight is 557 g/mol. The molecule has 0 unspecified atom stereocenters. The van der Waals surface area contributed by atoms with Gasteiger partial charge in [0.1, 0.15) is 5.75 Å². The largest absolute Gasteiger partial charge is 0.483 e. The summed E-state index contributed by atoms with van der Waals surface area (Å²) in [6, 6.07) is 10.1. The Kier molecular flexibility index (Phi) is 9.84. The van der Waals surface area contributed by atoms with E-state index in [1.807, 2.05) is 19.1 Å². The lowest BCUT2D eigenvalue weighted by Crippen LogP contribution is -2.37. The second kappa shape index (κ2) is 11.9. The maximum Gasteiger partial charge on any atom is 0.264 e. The molecule has 0 aliphatic heterocycles. The Labute approximate surface area is 210 Å². The number of aryl methyl sites for hydroxylation is 1. The highest BCUT2D eigenvalue weighted by Crippen LogP contribution is 2.32. The zero-order chi connectivity index (χ0) is 24.8. The van der Waals surface area contributed by atoms with E-state index in [0.717, 1.165) is 15.6 Å². The average Bonchev–Trinajstić information content (AvgIpc) is 2.75. The van der Waals surface area contributed by atoms with Crippen molar-refractivity contribution >= 4 is 54.9 Å². The number of hydrogen-bond donors (Lipinski definition) is 2. The van der Waals surface area contributed by atoms with E-state index in [0.29, 0.717) is 24.5 Å². The maximum atomic E-state index is 12.6. The van der Waals surface area contributed by atoms with E-state index in [-0.39, 0.29) is 22.5 Å². The highest BCUT2D eigenvalue weighted by molar-refractivity contribution is 9.10. The Bertz CT molecular complexity index is 1100. The number of amides is 1. The first-order chi connectivity index (χ1) is 15.5. The number of halogens is 1. The lowest BCUT2D eigenvalue weighted by atomic mass is 10.0. The summed E-state index contributed by atoms with van der Waals surface area (Å²) < 4.78 is 33.3. The fraction of sp³-hybridized carbons (Fsp3) is 0.391. The van der Waals surface area contributed by atoms with Crippen LogP contribution in [-0.4, -0.2) is 43.4 Å². The van der Waals surface area contributed by atoms with Gasteiger partial charge in [-0.15, -0.1) is 0 Å². The number of anilines is 1. The molecule has 2 aromatic carbocycles. The molecule has 0 saturated carbocycles. The Balaban J connectivity index is 1.96. The molecule has 7 nitrogen and oxygen atoms in total. The minimum atomic E-state index is -3.53. The number of thiocarbonyl (C=S) groups is 1. The number of nitrogens with zero attached hydrogens (tertiary/aromatic N) is 1. The Hall–Kier alpha value is -2.01. The number of rotatable bonds is 9. The molecule has 10 heteroatoms. The van der Waals surface area contributed by atoms with Crippen molar-refractivity contribution in [2.75, 3.05) is 25.0 Å². The van der Waals surface area contributed by atoms with Gasteiger partial charge < -0.3 is 10.1 Å². The van der Waals surface area contributed by atoms with Crippen LogP contribution in [0.5, 0.6) is 5.75 Å². The monoisotopic (exact) mass is 555 g/mol. The second-order valence-electron chi connectivity index (χ2n) is 7.70. The molecule has 180 valence electrons. The van der Waals surface area contributed by atoms with Crippen LogP contribution in [0.1, 0.15) is 44.7 Å². The minimum absolute atomic E-state index is 0.0963. The van der Waals surface area contributed by atoms with Gasteiger partial charge in [0, 0.05) is 23.2 Å². The lowest BCUT2D eigenvalue weighted by Gasteiger charge is -2.18. The maximum absolute atomic E-state index is 12.6. The molecule has 0 atom stereocenters. The van der Waals surface area contributed by atoms with Crippen LogP contribution in [0.15, 0.2) is 45.8 Å². The molecule has 2 rings (SSSR count). The van der Waals surface area contributed by atoms with Crippen LogP contribution >= 0.6 is 28.1 Å².